The van der Waals surface area contributed by atoms with Gasteiger partial charge in [0.05, 0.1) is 7.11 Å². The molecule has 1 unspecified atom stereocenters. The second kappa shape index (κ2) is 7.29. The summed E-state index contributed by atoms with van der Waals surface area (Å²) < 4.78 is 5.31. The van der Waals surface area contributed by atoms with Crippen LogP contribution in [0.2, 0.25) is 0 Å². The summed E-state index contributed by atoms with van der Waals surface area (Å²) in [5.74, 6) is 0.981. The number of ether oxygens (including phenoxy) is 1. The standard InChI is InChI=1S/C19H22N2O2/c1-23-17-9-5-6-15(12-17)14-21-11-10-20-19(22)13-18(21)16-7-3-2-4-8-16/h2-9,12,18H,10-11,13-14H2,1H3,(H,20,22). The lowest BCUT2D eigenvalue weighted by Gasteiger charge is -2.29. The highest BCUT2D eigenvalue weighted by molar-refractivity contribution is 5.77. The van der Waals surface area contributed by atoms with Crippen LogP contribution in [-0.2, 0) is 11.3 Å². The summed E-state index contributed by atoms with van der Waals surface area (Å²) >= 11 is 0. The summed E-state index contributed by atoms with van der Waals surface area (Å²) in [6, 6.07) is 18.5. The molecule has 0 aromatic heterocycles. The van der Waals surface area contributed by atoms with E-state index in [1.165, 1.54) is 11.1 Å². The molecule has 0 aliphatic carbocycles. The van der Waals surface area contributed by atoms with Gasteiger partial charge in [-0.2, -0.15) is 0 Å². The van der Waals surface area contributed by atoms with E-state index in [1.807, 2.05) is 30.3 Å². The fourth-order valence-electron chi connectivity index (χ4n) is 3.07. The molecular weight excluding hydrogens is 288 g/mol. The van der Waals surface area contributed by atoms with Crippen LogP contribution in [0.15, 0.2) is 54.6 Å². The Kier molecular flexibility index (Phi) is 4.93. The number of amides is 1. The third kappa shape index (κ3) is 3.90. The number of hydrogen-bond acceptors (Lipinski definition) is 3. The van der Waals surface area contributed by atoms with Crippen LogP contribution in [0.25, 0.3) is 0 Å². The Morgan fingerprint density at radius 2 is 2.00 bits per heavy atom. The number of carbonyl (C=O) groups excluding carboxylic acids is 1. The van der Waals surface area contributed by atoms with E-state index >= 15 is 0 Å². The molecule has 2 aromatic rings. The number of methoxy groups -OCH3 is 1. The first-order valence-electron chi connectivity index (χ1n) is 7.95. The van der Waals surface area contributed by atoms with E-state index in [0.29, 0.717) is 13.0 Å². The molecule has 2 aromatic carbocycles. The van der Waals surface area contributed by atoms with E-state index < -0.39 is 0 Å². The van der Waals surface area contributed by atoms with Gasteiger partial charge in [-0.25, -0.2) is 0 Å². The molecule has 1 saturated heterocycles. The number of benzene rings is 2. The third-order valence-electron chi connectivity index (χ3n) is 4.24. The molecular formula is C19H22N2O2. The lowest BCUT2D eigenvalue weighted by Crippen LogP contribution is -2.30. The van der Waals surface area contributed by atoms with Crippen LogP contribution in [-0.4, -0.2) is 31.0 Å². The van der Waals surface area contributed by atoms with Gasteiger partial charge in [-0.15, -0.1) is 0 Å². The average Bonchev–Trinajstić information content (AvgIpc) is 2.77. The fourth-order valence-corrected chi connectivity index (χ4v) is 3.07. The van der Waals surface area contributed by atoms with E-state index in [2.05, 4.69) is 34.5 Å². The van der Waals surface area contributed by atoms with Crippen LogP contribution in [0.3, 0.4) is 0 Å². The van der Waals surface area contributed by atoms with Crippen molar-refractivity contribution in [3.8, 4) is 5.75 Å². The van der Waals surface area contributed by atoms with Crippen molar-refractivity contribution in [1.29, 1.82) is 0 Å². The van der Waals surface area contributed by atoms with Crippen LogP contribution < -0.4 is 10.1 Å². The lowest BCUT2D eigenvalue weighted by atomic mass is 10.0. The van der Waals surface area contributed by atoms with Crippen molar-refractivity contribution >= 4 is 5.91 Å². The molecule has 4 nitrogen and oxygen atoms in total. The smallest absolute Gasteiger partial charge is 0.221 e. The molecule has 1 aliphatic heterocycles. The molecule has 0 saturated carbocycles. The zero-order chi connectivity index (χ0) is 16.1. The van der Waals surface area contributed by atoms with Crippen LogP contribution >= 0.6 is 0 Å². The second-order valence-electron chi connectivity index (χ2n) is 5.80. The molecule has 0 bridgehead atoms. The Labute approximate surface area is 137 Å². The zero-order valence-corrected chi connectivity index (χ0v) is 13.4. The normalized spacial score (nSPS) is 19.0. The molecule has 120 valence electrons. The largest absolute Gasteiger partial charge is 0.497 e. The summed E-state index contributed by atoms with van der Waals surface area (Å²) in [4.78, 5) is 14.4. The van der Waals surface area contributed by atoms with Crippen molar-refractivity contribution in [2.45, 2.75) is 19.0 Å². The van der Waals surface area contributed by atoms with Crippen molar-refractivity contribution < 1.29 is 9.53 Å². The summed E-state index contributed by atoms with van der Waals surface area (Å²) in [7, 11) is 1.68. The minimum Gasteiger partial charge on any atom is -0.497 e. The summed E-state index contributed by atoms with van der Waals surface area (Å²) in [6.45, 7) is 2.32. The maximum absolute atomic E-state index is 12.0. The minimum absolute atomic E-state index is 0.102. The molecule has 1 fully saturated rings. The van der Waals surface area contributed by atoms with Gasteiger partial charge in [0.15, 0.2) is 0 Å². The molecule has 3 rings (SSSR count). The summed E-state index contributed by atoms with van der Waals surface area (Å²) in [6.07, 6.45) is 0.494. The first-order chi connectivity index (χ1) is 11.3. The molecule has 1 atom stereocenters. The fraction of sp³-hybridized carbons (Fsp3) is 0.316. The van der Waals surface area contributed by atoms with Gasteiger partial charge >= 0.3 is 0 Å². The van der Waals surface area contributed by atoms with Crippen molar-refractivity contribution in [2.24, 2.45) is 0 Å². The molecule has 1 amide bonds. The minimum atomic E-state index is 0.102. The number of nitrogens with zero attached hydrogens (tertiary/aromatic N) is 1. The topological polar surface area (TPSA) is 41.6 Å². The maximum Gasteiger partial charge on any atom is 0.221 e. The second-order valence-corrected chi connectivity index (χ2v) is 5.80. The Morgan fingerprint density at radius 1 is 1.17 bits per heavy atom. The molecule has 0 radical (unpaired) electrons. The van der Waals surface area contributed by atoms with Crippen LogP contribution in [0, 0.1) is 0 Å². The lowest BCUT2D eigenvalue weighted by molar-refractivity contribution is -0.121. The Bertz CT molecular complexity index is 657. The van der Waals surface area contributed by atoms with E-state index in [0.717, 1.165) is 18.8 Å². The molecule has 1 aliphatic rings. The molecule has 1 heterocycles. The number of carbonyl (C=O) groups is 1. The van der Waals surface area contributed by atoms with E-state index in [-0.39, 0.29) is 11.9 Å². The summed E-state index contributed by atoms with van der Waals surface area (Å²) in [5, 5.41) is 2.98. The van der Waals surface area contributed by atoms with E-state index in [1.54, 1.807) is 7.11 Å². The first-order valence-corrected chi connectivity index (χ1v) is 7.95. The maximum atomic E-state index is 12.0. The SMILES string of the molecule is COc1cccc(CN2CCNC(=O)CC2c2ccccc2)c1. The highest BCUT2D eigenvalue weighted by Crippen LogP contribution is 2.27. The zero-order valence-electron chi connectivity index (χ0n) is 13.4. The van der Waals surface area contributed by atoms with Gasteiger partial charge < -0.3 is 10.1 Å². The van der Waals surface area contributed by atoms with Gasteiger partial charge in [0, 0.05) is 32.1 Å². The van der Waals surface area contributed by atoms with Gasteiger partial charge in [0.1, 0.15) is 5.75 Å². The molecule has 1 N–H and O–H groups in total. The van der Waals surface area contributed by atoms with Gasteiger partial charge in [-0.3, -0.25) is 9.69 Å². The highest BCUT2D eigenvalue weighted by atomic mass is 16.5. The molecule has 23 heavy (non-hydrogen) atoms. The van der Waals surface area contributed by atoms with Gasteiger partial charge in [0.2, 0.25) is 5.91 Å². The van der Waals surface area contributed by atoms with Crippen molar-refractivity contribution in [1.82, 2.24) is 10.2 Å². The van der Waals surface area contributed by atoms with Crippen LogP contribution in [0.5, 0.6) is 5.75 Å². The molecule has 0 spiro atoms. The van der Waals surface area contributed by atoms with E-state index in [9.17, 15) is 4.79 Å². The number of nitrogens with one attached hydrogen (secondary N) is 1. The van der Waals surface area contributed by atoms with Crippen LogP contribution in [0.1, 0.15) is 23.6 Å². The third-order valence-corrected chi connectivity index (χ3v) is 4.24. The quantitative estimate of drug-likeness (QED) is 0.944. The predicted molar refractivity (Wildman–Crippen MR) is 90.2 cm³/mol. The highest BCUT2D eigenvalue weighted by Gasteiger charge is 2.26. The van der Waals surface area contributed by atoms with E-state index in [4.69, 9.17) is 4.74 Å². The Balaban J connectivity index is 1.85. The Morgan fingerprint density at radius 3 is 2.78 bits per heavy atom. The van der Waals surface area contributed by atoms with Gasteiger partial charge in [-0.05, 0) is 23.3 Å². The number of hydrogen-bond donors (Lipinski definition) is 1. The first kappa shape index (κ1) is 15.6. The Hall–Kier alpha value is -2.33. The van der Waals surface area contributed by atoms with Gasteiger partial charge in [0.25, 0.3) is 0 Å². The number of rotatable bonds is 4. The predicted octanol–water partition coefficient (Wildman–Crippen LogP) is 2.76. The molecule has 4 heteroatoms. The monoisotopic (exact) mass is 310 g/mol. The van der Waals surface area contributed by atoms with Crippen molar-refractivity contribution in [3.05, 3.63) is 65.7 Å². The van der Waals surface area contributed by atoms with Crippen molar-refractivity contribution in [3.63, 3.8) is 0 Å². The van der Waals surface area contributed by atoms with Crippen LogP contribution in [0.4, 0.5) is 0 Å². The summed E-state index contributed by atoms with van der Waals surface area (Å²) in [5.41, 5.74) is 2.38. The average molecular weight is 310 g/mol. The van der Waals surface area contributed by atoms with Crippen molar-refractivity contribution in [2.75, 3.05) is 20.2 Å². The van der Waals surface area contributed by atoms with Gasteiger partial charge in [-0.1, -0.05) is 42.5 Å².